The van der Waals surface area contributed by atoms with Gasteiger partial charge in [0.25, 0.3) is 0 Å². The van der Waals surface area contributed by atoms with Gasteiger partial charge in [0, 0.05) is 24.1 Å². The second-order valence-electron chi connectivity index (χ2n) is 5.52. The van der Waals surface area contributed by atoms with Crippen LogP contribution < -0.4 is 0 Å². The zero-order valence-electron chi connectivity index (χ0n) is 10.7. The standard InChI is InChI=1S/C14H15Cl2NO3/c15-10-1-2-11(19)13(14(10)16)7-3-8-4-9(18)5-12(20)17(8)6-7/h1-2,7-9,18-19H,3-6H2/t7-,8-,9-/m0/s1. The molecule has 0 unspecified atom stereocenters. The quantitative estimate of drug-likeness (QED) is 0.837. The van der Waals surface area contributed by atoms with Crippen LogP contribution in [0.25, 0.3) is 0 Å². The fourth-order valence-electron chi connectivity index (χ4n) is 3.32. The number of fused-ring (bicyclic) bond motifs is 1. The number of phenols is 1. The maximum Gasteiger partial charge on any atom is 0.225 e. The molecule has 1 amide bonds. The number of aliphatic hydroxyl groups is 1. The molecule has 108 valence electrons. The number of carbonyl (C=O) groups excluding carboxylic acids is 1. The number of halogens is 2. The summed E-state index contributed by atoms with van der Waals surface area (Å²) in [6, 6.07) is 3.10. The first-order chi connectivity index (χ1) is 9.47. The molecule has 0 saturated carbocycles. The molecule has 6 heteroatoms. The van der Waals surface area contributed by atoms with Crippen molar-refractivity contribution in [3.63, 3.8) is 0 Å². The normalized spacial score (nSPS) is 29.6. The Morgan fingerprint density at radius 2 is 2.00 bits per heavy atom. The highest BCUT2D eigenvalue weighted by Gasteiger charge is 2.42. The van der Waals surface area contributed by atoms with Crippen molar-refractivity contribution < 1.29 is 15.0 Å². The largest absolute Gasteiger partial charge is 0.508 e. The summed E-state index contributed by atoms with van der Waals surface area (Å²) in [7, 11) is 0. The summed E-state index contributed by atoms with van der Waals surface area (Å²) in [6.45, 7) is 0.518. The van der Waals surface area contributed by atoms with Crippen LogP contribution in [0.2, 0.25) is 10.0 Å². The molecule has 0 aliphatic carbocycles. The van der Waals surface area contributed by atoms with Crippen molar-refractivity contribution in [3.8, 4) is 5.75 Å². The molecular weight excluding hydrogens is 301 g/mol. The first-order valence-corrected chi connectivity index (χ1v) is 7.37. The molecular formula is C14H15Cl2NO3. The van der Waals surface area contributed by atoms with Crippen LogP contribution in [0.15, 0.2) is 12.1 Å². The lowest BCUT2D eigenvalue weighted by atomic mass is 9.92. The summed E-state index contributed by atoms with van der Waals surface area (Å²) >= 11 is 12.2. The van der Waals surface area contributed by atoms with E-state index in [2.05, 4.69) is 0 Å². The maximum absolute atomic E-state index is 11.9. The van der Waals surface area contributed by atoms with Gasteiger partial charge in [-0.2, -0.15) is 0 Å². The van der Waals surface area contributed by atoms with Crippen molar-refractivity contribution in [2.75, 3.05) is 6.54 Å². The monoisotopic (exact) mass is 315 g/mol. The van der Waals surface area contributed by atoms with Crippen molar-refractivity contribution in [2.45, 2.75) is 37.3 Å². The molecule has 2 aliphatic heterocycles. The minimum atomic E-state index is -0.564. The Hall–Kier alpha value is -0.970. The van der Waals surface area contributed by atoms with Crippen LogP contribution in [0.3, 0.4) is 0 Å². The SMILES string of the molecule is O=C1C[C@@H](O)C[C@@H]2C[C@H](c3c(O)ccc(Cl)c3Cl)CN12. The second-order valence-corrected chi connectivity index (χ2v) is 6.31. The van der Waals surface area contributed by atoms with Crippen molar-refractivity contribution in [2.24, 2.45) is 0 Å². The van der Waals surface area contributed by atoms with Gasteiger partial charge in [0.05, 0.1) is 22.6 Å². The van der Waals surface area contributed by atoms with Gasteiger partial charge in [0.1, 0.15) is 5.75 Å². The lowest BCUT2D eigenvalue weighted by molar-refractivity contribution is -0.138. The summed E-state index contributed by atoms with van der Waals surface area (Å²) in [5, 5.41) is 20.5. The van der Waals surface area contributed by atoms with Crippen molar-refractivity contribution in [3.05, 3.63) is 27.7 Å². The average Bonchev–Trinajstić information content (AvgIpc) is 2.78. The molecule has 2 N–H and O–H groups in total. The van der Waals surface area contributed by atoms with E-state index in [0.717, 1.165) is 0 Å². The first-order valence-electron chi connectivity index (χ1n) is 6.61. The number of phenolic OH excluding ortho intramolecular Hbond substituents is 1. The summed E-state index contributed by atoms with van der Waals surface area (Å²) in [5.41, 5.74) is 0.607. The molecule has 2 saturated heterocycles. The van der Waals surface area contributed by atoms with Crippen molar-refractivity contribution in [1.82, 2.24) is 4.90 Å². The van der Waals surface area contributed by atoms with Crippen LogP contribution in [-0.4, -0.2) is 39.7 Å². The van der Waals surface area contributed by atoms with E-state index < -0.39 is 6.10 Å². The number of aromatic hydroxyl groups is 1. The minimum absolute atomic E-state index is 0.0192. The average molecular weight is 316 g/mol. The summed E-state index contributed by atoms with van der Waals surface area (Å²) < 4.78 is 0. The van der Waals surface area contributed by atoms with E-state index >= 15 is 0 Å². The number of amides is 1. The highest BCUT2D eigenvalue weighted by molar-refractivity contribution is 6.42. The highest BCUT2D eigenvalue weighted by atomic mass is 35.5. The molecule has 3 atom stereocenters. The summed E-state index contributed by atoms with van der Waals surface area (Å²) in [5.74, 6) is 0.0339. The zero-order valence-corrected chi connectivity index (χ0v) is 12.2. The van der Waals surface area contributed by atoms with Crippen LogP contribution in [0.1, 0.15) is 30.7 Å². The third-order valence-corrected chi connectivity index (χ3v) is 5.03. The van der Waals surface area contributed by atoms with Gasteiger partial charge < -0.3 is 15.1 Å². The van der Waals surface area contributed by atoms with Crippen molar-refractivity contribution >= 4 is 29.1 Å². The lowest BCUT2D eigenvalue weighted by Crippen LogP contribution is -2.44. The number of benzene rings is 1. The molecule has 4 nitrogen and oxygen atoms in total. The third-order valence-electron chi connectivity index (χ3n) is 4.21. The lowest BCUT2D eigenvalue weighted by Gasteiger charge is -2.32. The Labute approximate surface area is 126 Å². The molecule has 2 heterocycles. The van der Waals surface area contributed by atoms with Gasteiger partial charge in [-0.15, -0.1) is 0 Å². The number of hydrogen-bond acceptors (Lipinski definition) is 3. The molecule has 0 radical (unpaired) electrons. The molecule has 0 aromatic heterocycles. The smallest absolute Gasteiger partial charge is 0.225 e. The Bertz CT molecular complexity index is 564. The second kappa shape index (κ2) is 5.10. The molecule has 2 fully saturated rings. The first kappa shape index (κ1) is 14.0. The fraction of sp³-hybridized carbons (Fsp3) is 0.500. The van der Waals surface area contributed by atoms with Gasteiger partial charge >= 0.3 is 0 Å². The number of rotatable bonds is 1. The molecule has 1 aromatic rings. The molecule has 1 aromatic carbocycles. The van der Waals surface area contributed by atoms with E-state index in [1.165, 1.54) is 6.07 Å². The molecule has 3 rings (SSSR count). The Morgan fingerprint density at radius 1 is 1.25 bits per heavy atom. The van der Waals surface area contributed by atoms with Gasteiger partial charge in [-0.05, 0) is 25.0 Å². The van der Waals surface area contributed by atoms with E-state index in [4.69, 9.17) is 23.2 Å². The molecule has 0 spiro atoms. The van der Waals surface area contributed by atoms with E-state index in [-0.39, 0.29) is 30.0 Å². The van der Waals surface area contributed by atoms with Gasteiger partial charge in [-0.1, -0.05) is 23.2 Å². The van der Waals surface area contributed by atoms with Crippen LogP contribution in [0, 0.1) is 0 Å². The number of piperidine rings is 1. The van der Waals surface area contributed by atoms with Gasteiger partial charge in [-0.3, -0.25) is 4.79 Å². The van der Waals surface area contributed by atoms with Gasteiger partial charge in [0.15, 0.2) is 0 Å². The predicted octanol–water partition coefficient (Wildman–Crippen LogP) is 2.54. The maximum atomic E-state index is 11.9. The Kier molecular flexibility index (Phi) is 3.56. The van der Waals surface area contributed by atoms with E-state index in [0.29, 0.717) is 35.0 Å². The predicted molar refractivity (Wildman–Crippen MR) is 76.2 cm³/mol. The number of hydrogen-bond donors (Lipinski definition) is 2. The number of nitrogens with zero attached hydrogens (tertiary/aromatic N) is 1. The van der Waals surface area contributed by atoms with Crippen LogP contribution in [-0.2, 0) is 4.79 Å². The Balaban J connectivity index is 1.91. The molecule has 2 aliphatic rings. The fourth-order valence-corrected chi connectivity index (χ4v) is 3.79. The number of aliphatic hydroxyl groups excluding tert-OH is 1. The van der Waals surface area contributed by atoms with Crippen molar-refractivity contribution in [1.29, 1.82) is 0 Å². The van der Waals surface area contributed by atoms with Gasteiger partial charge in [-0.25, -0.2) is 0 Å². The van der Waals surface area contributed by atoms with E-state index in [1.807, 2.05) is 0 Å². The molecule has 0 bridgehead atoms. The minimum Gasteiger partial charge on any atom is -0.508 e. The summed E-state index contributed by atoms with van der Waals surface area (Å²) in [6.07, 6.45) is 0.890. The van der Waals surface area contributed by atoms with Crippen LogP contribution in [0.4, 0.5) is 0 Å². The Morgan fingerprint density at radius 3 is 2.75 bits per heavy atom. The topological polar surface area (TPSA) is 60.8 Å². The van der Waals surface area contributed by atoms with Crippen LogP contribution in [0.5, 0.6) is 5.75 Å². The third kappa shape index (κ3) is 2.26. The van der Waals surface area contributed by atoms with Crippen LogP contribution >= 0.6 is 23.2 Å². The highest BCUT2D eigenvalue weighted by Crippen LogP contribution is 2.44. The zero-order chi connectivity index (χ0) is 14.4. The van der Waals surface area contributed by atoms with E-state index in [9.17, 15) is 15.0 Å². The van der Waals surface area contributed by atoms with Gasteiger partial charge in [0.2, 0.25) is 5.91 Å². The van der Waals surface area contributed by atoms with E-state index in [1.54, 1.807) is 11.0 Å². The number of carbonyl (C=O) groups is 1. The molecule has 20 heavy (non-hydrogen) atoms. The summed E-state index contributed by atoms with van der Waals surface area (Å²) in [4.78, 5) is 13.7.